The van der Waals surface area contributed by atoms with E-state index in [-0.39, 0.29) is 0 Å². The second-order valence-electron chi connectivity index (χ2n) is 5.07. The minimum Gasteiger partial charge on any atom is -0.486 e. The Morgan fingerprint density at radius 1 is 1.10 bits per heavy atom. The van der Waals surface area contributed by atoms with Crippen molar-refractivity contribution in [3.63, 3.8) is 0 Å². The molecule has 106 valence electrons. The lowest BCUT2D eigenvalue weighted by Crippen LogP contribution is -2.15. The molecule has 0 spiro atoms. The fourth-order valence-electron chi connectivity index (χ4n) is 2.56. The topological polar surface area (TPSA) is 73.2 Å². The van der Waals surface area contributed by atoms with E-state index in [2.05, 4.69) is 9.97 Å². The average Bonchev–Trinajstić information content (AvgIpc) is 2.88. The van der Waals surface area contributed by atoms with Gasteiger partial charge in [0.05, 0.1) is 11.0 Å². The van der Waals surface area contributed by atoms with E-state index >= 15 is 0 Å². The minimum atomic E-state index is 0.580. The quantitative estimate of drug-likeness (QED) is 0.708. The lowest BCUT2D eigenvalue weighted by atomic mass is 10.1. The van der Waals surface area contributed by atoms with Crippen LogP contribution < -0.4 is 15.2 Å². The van der Waals surface area contributed by atoms with Crippen molar-refractivity contribution in [2.75, 3.05) is 18.9 Å². The number of benzene rings is 2. The number of aromatic nitrogens is 2. The SMILES string of the molecule is Nc1ccccc1Cc1nc2cc3c(cc2[nH]1)OCCO3. The van der Waals surface area contributed by atoms with Crippen LogP contribution in [0.5, 0.6) is 11.5 Å². The number of nitrogens with two attached hydrogens (primary N) is 1. The Kier molecular flexibility index (Phi) is 2.70. The van der Waals surface area contributed by atoms with Crippen molar-refractivity contribution in [3.8, 4) is 11.5 Å². The van der Waals surface area contributed by atoms with Gasteiger partial charge in [-0.2, -0.15) is 0 Å². The molecule has 2 heterocycles. The molecular formula is C16H15N3O2. The summed E-state index contributed by atoms with van der Waals surface area (Å²) < 4.78 is 11.2. The molecule has 0 amide bonds. The molecule has 5 heteroatoms. The molecule has 1 aliphatic rings. The van der Waals surface area contributed by atoms with Gasteiger partial charge in [0.15, 0.2) is 11.5 Å². The molecule has 1 aliphatic heterocycles. The van der Waals surface area contributed by atoms with Crippen molar-refractivity contribution in [2.24, 2.45) is 0 Å². The number of anilines is 1. The number of nitrogen functional groups attached to an aromatic ring is 1. The van der Waals surface area contributed by atoms with Gasteiger partial charge in [-0.3, -0.25) is 0 Å². The average molecular weight is 281 g/mol. The second-order valence-corrected chi connectivity index (χ2v) is 5.07. The first kappa shape index (κ1) is 12.1. The van der Waals surface area contributed by atoms with E-state index in [9.17, 15) is 0 Å². The number of nitrogens with one attached hydrogen (secondary N) is 1. The molecule has 0 radical (unpaired) electrons. The Labute approximate surface area is 121 Å². The Hall–Kier alpha value is -2.69. The summed E-state index contributed by atoms with van der Waals surface area (Å²) in [6.07, 6.45) is 0.674. The Bertz CT molecular complexity index is 767. The van der Waals surface area contributed by atoms with E-state index in [1.54, 1.807) is 0 Å². The molecule has 1 aromatic heterocycles. The fourth-order valence-corrected chi connectivity index (χ4v) is 2.56. The summed E-state index contributed by atoms with van der Waals surface area (Å²) in [5.41, 5.74) is 9.65. The number of aromatic amines is 1. The van der Waals surface area contributed by atoms with Gasteiger partial charge in [0.1, 0.15) is 19.0 Å². The van der Waals surface area contributed by atoms with Crippen LogP contribution in [-0.4, -0.2) is 23.2 Å². The number of imidazole rings is 1. The summed E-state index contributed by atoms with van der Waals surface area (Å²) in [6, 6.07) is 11.7. The number of para-hydroxylation sites is 1. The zero-order valence-electron chi connectivity index (χ0n) is 11.4. The first-order chi connectivity index (χ1) is 10.3. The van der Waals surface area contributed by atoms with Crippen LogP contribution in [0, 0.1) is 0 Å². The predicted molar refractivity (Wildman–Crippen MR) is 80.7 cm³/mol. The number of fused-ring (bicyclic) bond motifs is 2. The number of nitrogens with zero attached hydrogens (tertiary/aromatic N) is 1. The van der Waals surface area contributed by atoms with Crippen LogP contribution in [0.25, 0.3) is 11.0 Å². The highest BCUT2D eigenvalue weighted by molar-refractivity contribution is 5.80. The maximum Gasteiger partial charge on any atom is 0.163 e. The van der Waals surface area contributed by atoms with Gasteiger partial charge in [-0.15, -0.1) is 0 Å². The maximum absolute atomic E-state index is 5.98. The molecule has 2 aromatic carbocycles. The second kappa shape index (κ2) is 4.70. The highest BCUT2D eigenvalue weighted by atomic mass is 16.6. The van der Waals surface area contributed by atoms with Gasteiger partial charge in [0.25, 0.3) is 0 Å². The lowest BCUT2D eigenvalue weighted by Gasteiger charge is -2.17. The number of rotatable bonds is 2. The van der Waals surface area contributed by atoms with Gasteiger partial charge in [0, 0.05) is 24.2 Å². The van der Waals surface area contributed by atoms with E-state index in [1.165, 1.54) is 0 Å². The third kappa shape index (κ3) is 2.16. The molecular weight excluding hydrogens is 266 g/mol. The van der Waals surface area contributed by atoms with Gasteiger partial charge < -0.3 is 20.2 Å². The van der Waals surface area contributed by atoms with Crippen LogP contribution >= 0.6 is 0 Å². The molecule has 0 bridgehead atoms. The molecule has 0 saturated carbocycles. The summed E-state index contributed by atoms with van der Waals surface area (Å²) in [4.78, 5) is 7.93. The summed E-state index contributed by atoms with van der Waals surface area (Å²) >= 11 is 0. The van der Waals surface area contributed by atoms with Crippen molar-refractivity contribution in [3.05, 3.63) is 47.8 Å². The molecule has 0 unspecified atom stereocenters. The molecule has 0 fully saturated rings. The van der Waals surface area contributed by atoms with E-state index < -0.39 is 0 Å². The third-order valence-corrected chi connectivity index (χ3v) is 3.61. The van der Waals surface area contributed by atoms with Gasteiger partial charge in [-0.1, -0.05) is 18.2 Å². The standard InChI is InChI=1S/C16H15N3O2/c17-11-4-2-1-3-10(11)7-16-18-12-8-14-15(9-13(12)19-16)21-6-5-20-14/h1-4,8-9H,5-7,17H2,(H,18,19). The van der Waals surface area contributed by atoms with Crippen LogP contribution in [0.2, 0.25) is 0 Å². The summed E-state index contributed by atoms with van der Waals surface area (Å²) in [5, 5.41) is 0. The number of H-pyrrole nitrogens is 1. The van der Waals surface area contributed by atoms with Crippen molar-refractivity contribution >= 4 is 16.7 Å². The van der Waals surface area contributed by atoms with Crippen molar-refractivity contribution in [1.29, 1.82) is 0 Å². The summed E-state index contributed by atoms with van der Waals surface area (Å²) in [6.45, 7) is 1.16. The van der Waals surface area contributed by atoms with E-state index in [0.717, 1.165) is 39.6 Å². The molecule has 0 aliphatic carbocycles. The summed E-state index contributed by atoms with van der Waals surface area (Å²) in [5.74, 6) is 2.40. The smallest absolute Gasteiger partial charge is 0.163 e. The van der Waals surface area contributed by atoms with Crippen LogP contribution in [-0.2, 0) is 6.42 Å². The van der Waals surface area contributed by atoms with E-state index in [4.69, 9.17) is 15.2 Å². The number of hydrogen-bond acceptors (Lipinski definition) is 4. The first-order valence-electron chi connectivity index (χ1n) is 6.91. The first-order valence-corrected chi connectivity index (χ1v) is 6.91. The fraction of sp³-hybridized carbons (Fsp3) is 0.188. The molecule has 3 aromatic rings. The Balaban J connectivity index is 1.72. The van der Waals surface area contributed by atoms with Crippen molar-refractivity contribution < 1.29 is 9.47 Å². The van der Waals surface area contributed by atoms with Gasteiger partial charge in [0.2, 0.25) is 0 Å². The van der Waals surface area contributed by atoms with E-state index in [1.807, 2.05) is 36.4 Å². The summed E-state index contributed by atoms with van der Waals surface area (Å²) in [7, 11) is 0. The number of hydrogen-bond donors (Lipinski definition) is 2. The molecule has 21 heavy (non-hydrogen) atoms. The zero-order chi connectivity index (χ0) is 14.2. The van der Waals surface area contributed by atoms with Crippen LogP contribution in [0.15, 0.2) is 36.4 Å². The van der Waals surface area contributed by atoms with Crippen LogP contribution in [0.1, 0.15) is 11.4 Å². The Morgan fingerprint density at radius 2 is 1.86 bits per heavy atom. The lowest BCUT2D eigenvalue weighted by molar-refractivity contribution is 0.172. The third-order valence-electron chi connectivity index (χ3n) is 3.61. The highest BCUT2D eigenvalue weighted by Gasteiger charge is 2.15. The van der Waals surface area contributed by atoms with Gasteiger partial charge in [-0.25, -0.2) is 4.98 Å². The Morgan fingerprint density at radius 3 is 2.67 bits per heavy atom. The number of ether oxygens (including phenoxy) is 2. The maximum atomic E-state index is 5.98. The zero-order valence-corrected chi connectivity index (χ0v) is 11.4. The van der Waals surface area contributed by atoms with Crippen molar-refractivity contribution in [2.45, 2.75) is 6.42 Å². The van der Waals surface area contributed by atoms with Gasteiger partial charge in [-0.05, 0) is 11.6 Å². The molecule has 4 rings (SSSR count). The van der Waals surface area contributed by atoms with Crippen LogP contribution in [0.4, 0.5) is 5.69 Å². The normalized spacial score (nSPS) is 13.5. The van der Waals surface area contributed by atoms with E-state index in [0.29, 0.717) is 19.6 Å². The van der Waals surface area contributed by atoms with Crippen LogP contribution in [0.3, 0.4) is 0 Å². The van der Waals surface area contributed by atoms with Crippen molar-refractivity contribution in [1.82, 2.24) is 9.97 Å². The molecule has 0 atom stereocenters. The monoisotopic (exact) mass is 281 g/mol. The molecule has 3 N–H and O–H groups in total. The largest absolute Gasteiger partial charge is 0.486 e. The molecule has 0 saturated heterocycles. The highest BCUT2D eigenvalue weighted by Crippen LogP contribution is 2.33. The molecule has 5 nitrogen and oxygen atoms in total. The predicted octanol–water partition coefficient (Wildman–Crippen LogP) is 2.51. The minimum absolute atomic E-state index is 0.580. The van der Waals surface area contributed by atoms with Gasteiger partial charge >= 0.3 is 0 Å².